The van der Waals surface area contributed by atoms with Gasteiger partial charge in [-0.05, 0) is 64.2 Å². The summed E-state index contributed by atoms with van der Waals surface area (Å²) in [6.45, 7) is 7.00. The number of hydrogen-bond acceptors (Lipinski definition) is 3. The third-order valence-corrected chi connectivity index (χ3v) is 12.2. The van der Waals surface area contributed by atoms with Crippen molar-refractivity contribution in [1.82, 2.24) is 0 Å². The quantitative estimate of drug-likeness (QED) is 0.0675. The lowest BCUT2D eigenvalue weighted by atomic mass is 10.0. The van der Waals surface area contributed by atoms with Gasteiger partial charge >= 0.3 is 0 Å². The lowest BCUT2D eigenvalue weighted by molar-refractivity contribution is 0.00964. The molecule has 2 fully saturated rings. The molecule has 2 saturated heterocycles. The van der Waals surface area contributed by atoms with E-state index in [-0.39, 0.29) is 0 Å². The molecule has 45 heavy (non-hydrogen) atoms. The Labute approximate surface area is 288 Å². The Morgan fingerprint density at radius 2 is 0.689 bits per heavy atom. The second-order valence-electron chi connectivity index (χ2n) is 15.4. The first-order chi connectivity index (χ1) is 22.2. The number of rotatable bonds is 32. The zero-order valence-corrected chi connectivity index (χ0v) is 31.8. The van der Waals surface area contributed by atoms with E-state index in [0.29, 0.717) is 12.2 Å². The summed E-state index contributed by atoms with van der Waals surface area (Å²) < 4.78 is 11.7. The Morgan fingerprint density at radius 3 is 0.978 bits per heavy atom. The smallest absolute Gasteiger partial charge is 0.0575 e. The van der Waals surface area contributed by atoms with E-state index in [1.165, 1.54) is 218 Å². The van der Waals surface area contributed by atoms with Crippen LogP contribution in [0.25, 0.3) is 0 Å². The molecular weight excluding hydrogens is 569 g/mol. The first kappa shape index (κ1) is 41.4. The van der Waals surface area contributed by atoms with Crippen LogP contribution >= 0.6 is 11.8 Å². The summed E-state index contributed by atoms with van der Waals surface area (Å²) in [6.07, 6.45) is 49.5. The van der Waals surface area contributed by atoms with Crippen LogP contribution in [0.2, 0.25) is 0 Å². The highest BCUT2D eigenvalue weighted by Crippen LogP contribution is 2.26. The number of hydrogen-bond donors (Lipinski definition) is 0. The van der Waals surface area contributed by atoms with Crippen molar-refractivity contribution >= 4 is 11.8 Å². The second-order valence-corrected chi connectivity index (χ2v) is 17.3. The zero-order valence-electron chi connectivity index (χ0n) is 31.0. The van der Waals surface area contributed by atoms with Crippen LogP contribution in [0.15, 0.2) is 0 Å². The summed E-state index contributed by atoms with van der Waals surface area (Å²) in [4.78, 5) is 0. The van der Waals surface area contributed by atoms with Crippen LogP contribution in [-0.2, 0) is 9.47 Å². The molecule has 0 amide bonds. The summed E-state index contributed by atoms with van der Waals surface area (Å²) in [5, 5.41) is 1.70. The van der Waals surface area contributed by atoms with E-state index >= 15 is 0 Å². The van der Waals surface area contributed by atoms with Gasteiger partial charge in [-0.15, -0.1) is 0 Å². The maximum atomic E-state index is 5.86. The predicted octanol–water partition coefficient (Wildman–Crippen LogP) is 14.6. The molecule has 0 aliphatic carbocycles. The Balaban J connectivity index is 1.20. The van der Waals surface area contributed by atoms with E-state index in [2.05, 4.69) is 25.6 Å². The molecule has 0 spiro atoms. The SMILES string of the molecule is CC(CCCCCCCCCCCCCCC1CCCCO1)SC(C)CCCCCCCCCCCCCCC1CCCCO1. The molecule has 0 bridgehead atoms. The molecule has 2 nitrogen and oxygen atoms in total. The molecule has 0 radical (unpaired) electrons. The predicted molar refractivity (Wildman–Crippen MR) is 203 cm³/mol. The molecule has 268 valence electrons. The summed E-state index contributed by atoms with van der Waals surface area (Å²) in [5.74, 6) is 0. The molecule has 2 heterocycles. The molecule has 0 aromatic carbocycles. The molecule has 2 aliphatic heterocycles. The monoisotopic (exact) mass is 651 g/mol. The Morgan fingerprint density at radius 1 is 0.400 bits per heavy atom. The fourth-order valence-corrected chi connectivity index (χ4v) is 9.14. The van der Waals surface area contributed by atoms with E-state index in [9.17, 15) is 0 Å². The molecule has 0 saturated carbocycles. The van der Waals surface area contributed by atoms with Gasteiger partial charge in [0.25, 0.3) is 0 Å². The van der Waals surface area contributed by atoms with Crippen molar-refractivity contribution in [2.75, 3.05) is 13.2 Å². The minimum absolute atomic E-state index is 0.594. The zero-order chi connectivity index (χ0) is 31.9. The Hall–Kier alpha value is 0.270. The van der Waals surface area contributed by atoms with Gasteiger partial charge in [-0.2, -0.15) is 11.8 Å². The van der Waals surface area contributed by atoms with Gasteiger partial charge in [-0.1, -0.05) is 168 Å². The van der Waals surface area contributed by atoms with E-state index in [1.807, 2.05) is 0 Å². The van der Waals surface area contributed by atoms with E-state index < -0.39 is 0 Å². The summed E-state index contributed by atoms with van der Waals surface area (Å²) in [6, 6.07) is 0. The lowest BCUT2D eigenvalue weighted by Crippen LogP contribution is -2.18. The summed E-state index contributed by atoms with van der Waals surface area (Å²) >= 11 is 2.27. The van der Waals surface area contributed by atoms with Gasteiger partial charge in [-0.25, -0.2) is 0 Å². The van der Waals surface area contributed by atoms with Gasteiger partial charge in [0.2, 0.25) is 0 Å². The largest absolute Gasteiger partial charge is 0.378 e. The van der Waals surface area contributed by atoms with Gasteiger partial charge in [0.1, 0.15) is 0 Å². The Bertz CT molecular complexity index is 535. The standard InChI is InChI=1S/C42H82O2S/c1-39(31-23-19-15-11-7-3-5-9-13-17-21-25-33-41-35-27-29-37-43-41)45-40(2)32-24-20-16-12-8-4-6-10-14-18-22-26-34-42-36-28-30-38-44-42/h39-42H,3-38H2,1-2H3. The molecule has 0 aromatic heterocycles. The third kappa shape index (κ3) is 26.9. The first-order valence-electron chi connectivity index (χ1n) is 21.1. The van der Waals surface area contributed by atoms with Gasteiger partial charge < -0.3 is 9.47 Å². The maximum Gasteiger partial charge on any atom is 0.0575 e. The van der Waals surface area contributed by atoms with Crippen molar-refractivity contribution in [3.63, 3.8) is 0 Å². The molecule has 2 aliphatic rings. The van der Waals surface area contributed by atoms with Crippen LogP contribution in [0, 0.1) is 0 Å². The fourth-order valence-electron chi connectivity index (χ4n) is 7.75. The summed E-state index contributed by atoms with van der Waals surface area (Å²) in [7, 11) is 0. The van der Waals surface area contributed by atoms with Crippen molar-refractivity contribution in [2.24, 2.45) is 0 Å². The van der Waals surface area contributed by atoms with Gasteiger partial charge in [-0.3, -0.25) is 0 Å². The van der Waals surface area contributed by atoms with Crippen molar-refractivity contribution in [1.29, 1.82) is 0 Å². The molecule has 4 atom stereocenters. The topological polar surface area (TPSA) is 18.5 Å². The van der Waals surface area contributed by atoms with Crippen LogP contribution in [0.3, 0.4) is 0 Å². The van der Waals surface area contributed by atoms with Crippen LogP contribution in [0.5, 0.6) is 0 Å². The third-order valence-electron chi connectivity index (χ3n) is 10.8. The van der Waals surface area contributed by atoms with E-state index in [1.54, 1.807) is 0 Å². The molecule has 2 rings (SSSR count). The van der Waals surface area contributed by atoms with E-state index in [0.717, 1.165) is 23.7 Å². The van der Waals surface area contributed by atoms with Crippen molar-refractivity contribution < 1.29 is 9.47 Å². The van der Waals surface area contributed by atoms with Crippen LogP contribution in [-0.4, -0.2) is 35.9 Å². The molecule has 0 aromatic rings. The van der Waals surface area contributed by atoms with Gasteiger partial charge in [0.15, 0.2) is 0 Å². The lowest BCUT2D eigenvalue weighted by Gasteiger charge is -2.22. The van der Waals surface area contributed by atoms with Crippen molar-refractivity contribution in [3.05, 3.63) is 0 Å². The van der Waals surface area contributed by atoms with E-state index in [4.69, 9.17) is 9.47 Å². The van der Waals surface area contributed by atoms with Crippen molar-refractivity contribution in [2.45, 2.75) is 255 Å². The van der Waals surface area contributed by atoms with Gasteiger partial charge in [0.05, 0.1) is 12.2 Å². The molecule has 3 heteroatoms. The number of ether oxygens (including phenoxy) is 2. The first-order valence-corrected chi connectivity index (χ1v) is 22.1. The molecule has 4 unspecified atom stereocenters. The highest BCUT2D eigenvalue weighted by atomic mass is 32.2. The maximum absolute atomic E-state index is 5.86. The second kappa shape index (κ2) is 31.5. The minimum Gasteiger partial charge on any atom is -0.378 e. The number of thioether (sulfide) groups is 1. The van der Waals surface area contributed by atoms with Crippen molar-refractivity contribution in [3.8, 4) is 0 Å². The fraction of sp³-hybridized carbons (Fsp3) is 1.00. The van der Waals surface area contributed by atoms with Gasteiger partial charge in [0, 0.05) is 23.7 Å². The average molecular weight is 651 g/mol. The van der Waals surface area contributed by atoms with Crippen LogP contribution < -0.4 is 0 Å². The normalized spacial score (nSPS) is 20.4. The highest BCUT2D eigenvalue weighted by Gasteiger charge is 2.14. The molecular formula is C42H82O2S. The number of unbranched alkanes of at least 4 members (excludes halogenated alkanes) is 22. The molecule has 0 N–H and O–H groups in total. The average Bonchev–Trinajstić information content (AvgIpc) is 3.06. The minimum atomic E-state index is 0.594. The van der Waals surface area contributed by atoms with Crippen LogP contribution in [0.1, 0.15) is 232 Å². The highest BCUT2D eigenvalue weighted by molar-refractivity contribution is 8.00. The Kier molecular flexibility index (Phi) is 29.0. The van der Waals surface area contributed by atoms with Crippen LogP contribution in [0.4, 0.5) is 0 Å². The summed E-state index contributed by atoms with van der Waals surface area (Å²) in [5.41, 5.74) is 0.